The molecule has 7 nitrogen and oxygen atoms in total. The number of phenols is 2. The van der Waals surface area contributed by atoms with Gasteiger partial charge in [0, 0.05) is 0 Å². The van der Waals surface area contributed by atoms with E-state index in [0.29, 0.717) is 6.07 Å². The van der Waals surface area contributed by atoms with Gasteiger partial charge in [-0.05, 0) is 24.3 Å². The quantitative estimate of drug-likeness (QED) is 0.632. The van der Waals surface area contributed by atoms with Crippen LogP contribution >= 0.6 is 0 Å². The molecule has 0 spiro atoms. The van der Waals surface area contributed by atoms with Gasteiger partial charge in [0.05, 0.1) is 22.3 Å². The third-order valence-electron chi connectivity index (χ3n) is 2.99. The van der Waals surface area contributed by atoms with Crippen molar-refractivity contribution in [1.82, 2.24) is 0 Å². The van der Waals surface area contributed by atoms with Gasteiger partial charge in [-0.25, -0.2) is 9.59 Å². The van der Waals surface area contributed by atoms with Gasteiger partial charge in [0.25, 0.3) is 0 Å². The number of benzene rings is 2. The summed E-state index contributed by atoms with van der Waals surface area (Å²) in [5, 5.41) is 37.4. The van der Waals surface area contributed by atoms with Gasteiger partial charge in [0.15, 0.2) is 5.78 Å². The molecule has 0 amide bonds. The molecule has 0 bridgehead atoms. The van der Waals surface area contributed by atoms with E-state index < -0.39 is 40.2 Å². The molecule has 112 valence electrons. The Morgan fingerprint density at radius 1 is 0.682 bits per heavy atom. The SMILES string of the molecule is O=C(c1ccccc1O)c1cc(C(=O)O)c(C(=O)O)cc1O. The fourth-order valence-corrected chi connectivity index (χ4v) is 1.93. The molecule has 0 saturated heterocycles. The molecule has 2 aromatic rings. The highest BCUT2D eigenvalue weighted by Crippen LogP contribution is 2.28. The Balaban J connectivity index is 2.64. The van der Waals surface area contributed by atoms with Gasteiger partial charge in [-0.1, -0.05) is 12.1 Å². The molecule has 0 heterocycles. The second-order valence-electron chi connectivity index (χ2n) is 4.37. The van der Waals surface area contributed by atoms with E-state index in [-0.39, 0.29) is 11.3 Å². The molecule has 0 aromatic heterocycles. The summed E-state index contributed by atoms with van der Waals surface area (Å²) >= 11 is 0. The van der Waals surface area contributed by atoms with Gasteiger partial charge >= 0.3 is 11.9 Å². The maximum Gasteiger partial charge on any atom is 0.336 e. The van der Waals surface area contributed by atoms with Gasteiger partial charge < -0.3 is 20.4 Å². The molecule has 4 N–H and O–H groups in total. The summed E-state index contributed by atoms with van der Waals surface area (Å²) in [6.07, 6.45) is 0. The van der Waals surface area contributed by atoms with Crippen LogP contribution in [0.15, 0.2) is 36.4 Å². The number of carboxylic acids is 2. The van der Waals surface area contributed by atoms with Gasteiger partial charge in [0.2, 0.25) is 0 Å². The Morgan fingerprint density at radius 2 is 1.23 bits per heavy atom. The summed E-state index contributed by atoms with van der Waals surface area (Å²) in [6.45, 7) is 0. The molecule has 0 unspecified atom stereocenters. The van der Waals surface area contributed by atoms with Crippen molar-refractivity contribution in [2.75, 3.05) is 0 Å². The number of carboxylic acid groups (broad SMARTS) is 2. The van der Waals surface area contributed by atoms with Crippen molar-refractivity contribution in [3.8, 4) is 11.5 Å². The van der Waals surface area contributed by atoms with Gasteiger partial charge in [-0.15, -0.1) is 0 Å². The molecule has 0 atom stereocenters. The van der Waals surface area contributed by atoms with Crippen LogP contribution in [-0.2, 0) is 0 Å². The van der Waals surface area contributed by atoms with Crippen LogP contribution in [0.1, 0.15) is 36.6 Å². The molecule has 0 aliphatic carbocycles. The predicted octanol–water partition coefficient (Wildman–Crippen LogP) is 1.73. The van der Waals surface area contributed by atoms with Gasteiger partial charge in [0.1, 0.15) is 11.5 Å². The van der Waals surface area contributed by atoms with Crippen molar-refractivity contribution in [3.05, 3.63) is 58.7 Å². The minimum absolute atomic E-state index is 0.141. The van der Waals surface area contributed by atoms with Crippen LogP contribution in [0.3, 0.4) is 0 Å². The number of para-hydroxylation sites is 1. The van der Waals surface area contributed by atoms with Crippen LogP contribution in [-0.4, -0.2) is 38.1 Å². The molecule has 2 rings (SSSR count). The second kappa shape index (κ2) is 5.57. The van der Waals surface area contributed by atoms with Gasteiger partial charge in [-0.2, -0.15) is 0 Å². The zero-order valence-electron chi connectivity index (χ0n) is 11.0. The molecule has 0 radical (unpaired) electrons. The Bertz CT molecular complexity index is 792. The van der Waals surface area contributed by atoms with Crippen LogP contribution in [0.4, 0.5) is 0 Å². The van der Waals surface area contributed by atoms with E-state index in [2.05, 4.69) is 0 Å². The number of hydrogen-bond acceptors (Lipinski definition) is 5. The number of carbonyl (C=O) groups excluding carboxylic acids is 1. The fraction of sp³-hybridized carbons (Fsp3) is 0. The number of aromatic hydroxyl groups is 2. The average molecular weight is 302 g/mol. The van der Waals surface area contributed by atoms with Crippen LogP contribution in [0, 0.1) is 0 Å². The lowest BCUT2D eigenvalue weighted by atomic mass is 9.96. The first-order chi connectivity index (χ1) is 10.3. The summed E-state index contributed by atoms with van der Waals surface area (Å²) in [4.78, 5) is 34.4. The average Bonchev–Trinajstić information content (AvgIpc) is 2.46. The third kappa shape index (κ3) is 2.59. The topological polar surface area (TPSA) is 132 Å². The van der Waals surface area contributed by atoms with E-state index in [9.17, 15) is 24.6 Å². The summed E-state index contributed by atoms with van der Waals surface area (Å²) in [7, 11) is 0. The van der Waals surface area contributed by atoms with Crippen LogP contribution in [0.5, 0.6) is 11.5 Å². The number of carbonyl (C=O) groups is 3. The Morgan fingerprint density at radius 3 is 1.77 bits per heavy atom. The van der Waals surface area contributed by atoms with Crippen molar-refractivity contribution < 1.29 is 34.8 Å². The molecular formula is C15H10O7. The Labute approximate surface area is 123 Å². The molecule has 0 fully saturated rings. The lowest BCUT2D eigenvalue weighted by Crippen LogP contribution is -2.11. The first-order valence-corrected chi connectivity index (χ1v) is 5.99. The van der Waals surface area contributed by atoms with Gasteiger partial charge in [-0.3, -0.25) is 4.79 Å². The zero-order chi connectivity index (χ0) is 16.4. The third-order valence-corrected chi connectivity index (χ3v) is 2.99. The van der Waals surface area contributed by atoms with E-state index >= 15 is 0 Å². The molecule has 0 saturated carbocycles. The second-order valence-corrected chi connectivity index (χ2v) is 4.37. The zero-order valence-corrected chi connectivity index (χ0v) is 11.0. The number of hydrogen-bond donors (Lipinski definition) is 4. The molecule has 7 heteroatoms. The molecule has 22 heavy (non-hydrogen) atoms. The number of phenolic OH excluding ortho intramolecular Hbond substituents is 2. The number of ketones is 1. The lowest BCUT2D eigenvalue weighted by molar-refractivity contribution is 0.0651. The number of rotatable bonds is 4. The minimum Gasteiger partial charge on any atom is -0.507 e. The summed E-state index contributed by atoms with van der Waals surface area (Å²) in [5.41, 5.74) is -1.83. The first kappa shape index (κ1) is 15.0. The summed E-state index contributed by atoms with van der Waals surface area (Å²) in [6, 6.07) is 6.99. The molecular weight excluding hydrogens is 292 g/mol. The first-order valence-electron chi connectivity index (χ1n) is 5.99. The highest BCUT2D eigenvalue weighted by molar-refractivity contribution is 6.14. The predicted molar refractivity (Wildman–Crippen MR) is 73.6 cm³/mol. The highest BCUT2D eigenvalue weighted by Gasteiger charge is 2.24. The van der Waals surface area contributed by atoms with E-state index in [0.717, 1.165) is 6.07 Å². The van der Waals surface area contributed by atoms with E-state index in [4.69, 9.17) is 10.2 Å². The van der Waals surface area contributed by atoms with Crippen LogP contribution in [0.2, 0.25) is 0 Å². The van der Waals surface area contributed by atoms with Crippen molar-refractivity contribution in [2.45, 2.75) is 0 Å². The van der Waals surface area contributed by atoms with Crippen molar-refractivity contribution >= 4 is 17.7 Å². The highest BCUT2D eigenvalue weighted by atomic mass is 16.4. The van der Waals surface area contributed by atoms with Crippen molar-refractivity contribution in [3.63, 3.8) is 0 Å². The lowest BCUT2D eigenvalue weighted by Gasteiger charge is -2.09. The van der Waals surface area contributed by atoms with E-state index in [1.807, 2.05) is 0 Å². The summed E-state index contributed by atoms with van der Waals surface area (Å²) in [5.74, 6) is -4.95. The largest absolute Gasteiger partial charge is 0.507 e. The molecule has 2 aromatic carbocycles. The standard InChI is InChI=1S/C15H10O7/c16-11-4-2-1-3-7(11)13(18)10-5-8(14(19)20)9(15(21)22)6-12(10)17/h1-6,16-17H,(H,19,20)(H,21,22). The fourth-order valence-electron chi connectivity index (χ4n) is 1.93. The minimum atomic E-state index is -1.55. The monoisotopic (exact) mass is 302 g/mol. The van der Waals surface area contributed by atoms with E-state index in [1.54, 1.807) is 0 Å². The normalized spacial score (nSPS) is 10.2. The maximum absolute atomic E-state index is 12.3. The smallest absolute Gasteiger partial charge is 0.336 e. The molecule has 0 aliphatic heterocycles. The molecule has 0 aliphatic rings. The van der Waals surface area contributed by atoms with Crippen LogP contribution in [0.25, 0.3) is 0 Å². The maximum atomic E-state index is 12.3. The summed E-state index contributed by atoms with van der Waals surface area (Å²) < 4.78 is 0. The van der Waals surface area contributed by atoms with Crippen molar-refractivity contribution in [1.29, 1.82) is 0 Å². The van der Waals surface area contributed by atoms with E-state index in [1.165, 1.54) is 24.3 Å². The number of aromatic carboxylic acids is 2. The Hall–Kier alpha value is -3.35. The van der Waals surface area contributed by atoms with Crippen molar-refractivity contribution in [2.24, 2.45) is 0 Å². The van der Waals surface area contributed by atoms with Crippen LogP contribution < -0.4 is 0 Å². The Kier molecular flexibility index (Phi) is 3.81.